The highest BCUT2D eigenvalue weighted by Crippen LogP contribution is 2.45. The molecule has 0 saturated heterocycles. The van der Waals surface area contributed by atoms with Crippen LogP contribution in [0.2, 0.25) is 0 Å². The molecule has 2 aliphatic rings. The summed E-state index contributed by atoms with van der Waals surface area (Å²) in [6, 6.07) is 14.8. The first-order valence-electron chi connectivity index (χ1n) is 7.31. The van der Waals surface area contributed by atoms with Crippen molar-refractivity contribution in [1.29, 1.82) is 0 Å². The van der Waals surface area contributed by atoms with Crippen LogP contribution in [-0.4, -0.2) is 22.6 Å². The van der Waals surface area contributed by atoms with Crippen molar-refractivity contribution in [3.63, 3.8) is 0 Å². The third-order valence-electron chi connectivity index (χ3n) is 5.02. The lowest BCUT2D eigenvalue weighted by atomic mass is 9.74. The number of carbonyl (C=O) groups is 2. The molecule has 2 aromatic carbocycles. The maximum absolute atomic E-state index is 13.0. The zero-order chi connectivity index (χ0) is 15.5. The minimum absolute atomic E-state index is 0.0562. The van der Waals surface area contributed by atoms with Gasteiger partial charge in [0, 0.05) is 22.5 Å². The van der Waals surface area contributed by atoms with E-state index in [0.717, 1.165) is 11.4 Å². The van der Waals surface area contributed by atoms with Gasteiger partial charge in [-0.25, -0.2) is 0 Å². The number of para-hydroxylation sites is 2. The summed E-state index contributed by atoms with van der Waals surface area (Å²) in [6.07, 6.45) is 0. The zero-order valence-electron chi connectivity index (χ0n) is 12.4. The van der Waals surface area contributed by atoms with Crippen LogP contribution in [0.15, 0.2) is 48.5 Å². The highest BCUT2D eigenvalue weighted by atomic mass is 16.1. The van der Waals surface area contributed by atoms with E-state index in [4.69, 9.17) is 0 Å². The number of Topliss-reactive ketones (excluding diaryl/α,β-unsaturated/α-hetero) is 2. The average molecular weight is 292 g/mol. The third-order valence-corrected chi connectivity index (χ3v) is 5.02. The molecule has 0 radical (unpaired) electrons. The van der Waals surface area contributed by atoms with Crippen molar-refractivity contribution in [2.75, 3.05) is 10.6 Å². The second kappa shape index (κ2) is 3.97. The van der Waals surface area contributed by atoms with Crippen molar-refractivity contribution in [2.24, 2.45) is 0 Å². The number of fused-ring (bicyclic) bond motifs is 2. The molecule has 0 aromatic heterocycles. The molecule has 2 heterocycles. The van der Waals surface area contributed by atoms with Gasteiger partial charge in [-0.15, -0.1) is 0 Å². The molecule has 4 heteroatoms. The van der Waals surface area contributed by atoms with E-state index in [2.05, 4.69) is 10.6 Å². The van der Waals surface area contributed by atoms with Crippen LogP contribution in [0.1, 0.15) is 34.6 Å². The number of anilines is 2. The van der Waals surface area contributed by atoms with Crippen LogP contribution in [0.5, 0.6) is 0 Å². The molecule has 0 fully saturated rings. The van der Waals surface area contributed by atoms with Gasteiger partial charge in [-0.3, -0.25) is 9.59 Å². The Labute approximate surface area is 128 Å². The summed E-state index contributed by atoms with van der Waals surface area (Å²) in [5.41, 5.74) is 0.789. The number of hydrogen-bond acceptors (Lipinski definition) is 4. The van der Waals surface area contributed by atoms with Crippen LogP contribution >= 0.6 is 0 Å². The van der Waals surface area contributed by atoms with Gasteiger partial charge < -0.3 is 10.6 Å². The van der Waals surface area contributed by atoms with Crippen LogP contribution in [0.4, 0.5) is 11.4 Å². The molecule has 0 bridgehead atoms. The lowest BCUT2D eigenvalue weighted by molar-refractivity contribution is 0.0781. The molecule has 0 amide bonds. The van der Waals surface area contributed by atoms with Crippen molar-refractivity contribution in [1.82, 2.24) is 0 Å². The molecule has 2 aliphatic heterocycles. The first kappa shape index (κ1) is 13.1. The molecule has 2 aromatic rings. The van der Waals surface area contributed by atoms with E-state index in [-0.39, 0.29) is 11.6 Å². The van der Waals surface area contributed by atoms with Crippen molar-refractivity contribution < 1.29 is 9.59 Å². The van der Waals surface area contributed by atoms with Crippen LogP contribution in [0.25, 0.3) is 0 Å². The standard InChI is InChI=1S/C18H16N2O2/c1-17(15(21)11-7-3-5-9-13(11)19-17)18(2)16(22)12-8-4-6-10-14(12)20-18/h3-10,19-20H,1-2H3/t17-,18+. The van der Waals surface area contributed by atoms with Crippen molar-refractivity contribution in [3.8, 4) is 0 Å². The summed E-state index contributed by atoms with van der Waals surface area (Å²) >= 11 is 0. The third kappa shape index (κ3) is 1.37. The van der Waals surface area contributed by atoms with Gasteiger partial charge in [0.2, 0.25) is 0 Å². The van der Waals surface area contributed by atoms with E-state index in [9.17, 15) is 9.59 Å². The number of carbonyl (C=O) groups excluding carboxylic acids is 2. The normalized spacial score (nSPS) is 28.8. The van der Waals surface area contributed by atoms with Crippen molar-refractivity contribution in [3.05, 3.63) is 59.7 Å². The molecule has 4 nitrogen and oxygen atoms in total. The summed E-state index contributed by atoms with van der Waals surface area (Å²) < 4.78 is 0. The Bertz CT molecular complexity index is 760. The largest absolute Gasteiger partial charge is 0.370 e. The molecule has 2 atom stereocenters. The van der Waals surface area contributed by atoms with E-state index in [0.29, 0.717) is 11.1 Å². The number of ketones is 2. The van der Waals surface area contributed by atoms with E-state index >= 15 is 0 Å². The monoisotopic (exact) mass is 292 g/mol. The Balaban J connectivity index is 1.84. The predicted molar refractivity (Wildman–Crippen MR) is 85.6 cm³/mol. The Morgan fingerprint density at radius 1 is 0.682 bits per heavy atom. The van der Waals surface area contributed by atoms with Crippen molar-refractivity contribution in [2.45, 2.75) is 24.9 Å². The molecule has 0 saturated carbocycles. The molecule has 0 aliphatic carbocycles. The zero-order valence-corrected chi connectivity index (χ0v) is 12.4. The maximum atomic E-state index is 13.0. The first-order valence-corrected chi connectivity index (χ1v) is 7.31. The predicted octanol–water partition coefficient (Wildman–Crippen LogP) is 3.12. The molecule has 0 unspecified atom stereocenters. The van der Waals surface area contributed by atoms with Gasteiger partial charge in [0.1, 0.15) is 11.1 Å². The van der Waals surface area contributed by atoms with Crippen LogP contribution in [0, 0.1) is 0 Å². The molecule has 110 valence electrons. The fourth-order valence-electron chi connectivity index (χ4n) is 3.48. The van der Waals surface area contributed by atoms with Gasteiger partial charge in [-0.1, -0.05) is 24.3 Å². The maximum Gasteiger partial charge on any atom is 0.192 e. The molecule has 2 N–H and O–H groups in total. The van der Waals surface area contributed by atoms with Gasteiger partial charge in [0.25, 0.3) is 0 Å². The summed E-state index contributed by atoms with van der Waals surface area (Å²) in [4.78, 5) is 25.9. The summed E-state index contributed by atoms with van der Waals surface area (Å²) in [5.74, 6) is -0.112. The van der Waals surface area contributed by atoms with E-state index in [1.165, 1.54) is 0 Å². The van der Waals surface area contributed by atoms with E-state index < -0.39 is 11.1 Å². The molecule has 4 rings (SSSR count). The molecular formula is C18H16N2O2. The second-order valence-electron chi connectivity index (χ2n) is 6.25. The molecule has 22 heavy (non-hydrogen) atoms. The smallest absolute Gasteiger partial charge is 0.192 e. The van der Waals surface area contributed by atoms with Crippen LogP contribution < -0.4 is 10.6 Å². The van der Waals surface area contributed by atoms with Gasteiger partial charge in [0.05, 0.1) is 0 Å². The van der Waals surface area contributed by atoms with Gasteiger partial charge in [-0.2, -0.15) is 0 Å². The summed E-state index contributed by atoms with van der Waals surface area (Å²) in [7, 11) is 0. The number of benzene rings is 2. The second-order valence-corrected chi connectivity index (χ2v) is 6.25. The number of rotatable bonds is 1. The van der Waals surface area contributed by atoms with Crippen LogP contribution in [0.3, 0.4) is 0 Å². The molecular weight excluding hydrogens is 276 g/mol. The Kier molecular flexibility index (Phi) is 2.36. The molecule has 0 spiro atoms. The van der Waals surface area contributed by atoms with E-state index in [1.54, 1.807) is 26.0 Å². The van der Waals surface area contributed by atoms with Crippen molar-refractivity contribution >= 4 is 22.9 Å². The van der Waals surface area contributed by atoms with Gasteiger partial charge in [-0.05, 0) is 38.1 Å². The Hall–Kier alpha value is -2.62. The summed E-state index contributed by atoms with van der Waals surface area (Å²) in [6.45, 7) is 3.60. The average Bonchev–Trinajstić information content (AvgIpc) is 2.95. The fourth-order valence-corrected chi connectivity index (χ4v) is 3.48. The first-order chi connectivity index (χ1) is 10.5. The lowest BCUT2D eigenvalue weighted by Crippen LogP contribution is -2.64. The summed E-state index contributed by atoms with van der Waals surface area (Å²) in [5, 5.41) is 6.55. The van der Waals surface area contributed by atoms with Crippen LogP contribution in [-0.2, 0) is 0 Å². The van der Waals surface area contributed by atoms with E-state index in [1.807, 2.05) is 36.4 Å². The quantitative estimate of drug-likeness (QED) is 0.848. The number of hydrogen-bond donors (Lipinski definition) is 2. The minimum Gasteiger partial charge on any atom is -0.370 e. The van der Waals surface area contributed by atoms with Gasteiger partial charge >= 0.3 is 0 Å². The van der Waals surface area contributed by atoms with Gasteiger partial charge in [0.15, 0.2) is 11.6 Å². The fraction of sp³-hybridized carbons (Fsp3) is 0.222. The lowest BCUT2D eigenvalue weighted by Gasteiger charge is -2.39. The Morgan fingerprint density at radius 2 is 1.05 bits per heavy atom. The minimum atomic E-state index is -1.02. The highest BCUT2D eigenvalue weighted by Gasteiger charge is 2.60. The number of nitrogens with one attached hydrogen (secondary N) is 2. The Morgan fingerprint density at radius 3 is 1.41 bits per heavy atom. The SMILES string of the molecule is C[C@]1([C@]2(C)Nc3ccccc3C2=O)Nc2ccccc2C1=O. The topological polar surface area (TPSA) is 58.2 Å². The highest BCUT2D eigenvalue weighted by molar-refractivity contribution is 6.23.